The summed E-state index contributed by atoms with van der Waals surface area (Å²) in [7, 11) is 0. The number of hydrogen-bond donors (Lipinski definition) is 1. The topological polar surface area (TPSA) is 38.3 Å². The largest absolute Gasteiger partial charge is 0.466 e. The average Bonchev–Trinajstić information content (AvgIpc) is 3.51. The van der Waals surface area contributed by atoms with Crippen molar-refractivity contribution in [2.24, 2.45) is 5.92 Å². The number of nitrogens with one attached hydrogen (secondary N) is 1. The molecule has 0 spiro atoms. The van der Waals surface area contributed by atoms with Crippen LogP contribution in [0.25, 0.3) is 6.08 Å². The molecule has 0 unspecified atom stereocenters. The second-order valence-corrected chi connectivity index (χ2v) is 6.37. The van der Waals surface area contributed by atoms with Crippen LogP contribution in [0.3, 0.4) is 0 Å². The number of amides is 1. The third-order valence-corrected chi connectivity index (χ3v) is 4.35. The standard InChI is InChI=1S/C21H23NO2.C2H6/c1-3-24-20-14-17(5-4-15(20)2)7-6-16-8-12-19(13-9-16)22-21(23)18-10-11-18;1-2/h3,6-9,12-14,18H,1,4-5,10-11H2,2H3,(H,22,23);1-2H3/b7-6+;. The first-order chi connectivity index (χ1) is 12.7. The predicted octanol–water partition coefficient (Wildman–Crippen LogP) is 6.23. The number of hydrogen-bond acceptors (Lipinski definition) is 2. The zero-order chi connectivity index (χ0) is 18.9. The maximum atomic E-state index is 11.7. The maximum absolute atomic E-state index is 11.7. The van der Waals surface area contributed by atoms with Crippen molar-refractivity contribution in [2.75, 3.05) is 5.32 Å². The van der Waals surface area contributed by atoms with Crippen LogP contribution < -0.4 is 5.32 Å². The van der Waals surface area contributed by atoms with Gasteiger partial charge in [0.2, 0.25) is 5.91 Å². The van der Waals surface area contributed by atoms with Crippen molar-refractivity contribution in [2.45, 2.75) is 46.5 Å². The molecule has 3 rings (SSSR count). The Balaban J connectivity index is 0.00000117. The van der Waals surface area contributed by atoms with Gasteiger partial charge in [0, 0.05) is 11.6 Å². The first kappa shape index (κ1) is 19.8. The molecule has 3 heteroatoms. The lowest BCUT2D eigenvalue weighted by atomic mass is 9.97. The number of allylic oxidation sites excluding steroid dienone is 4. The highest BCUT2D eigenvalue weighted by Gasteiger charge is 2.29. The summed E-state index contributed by atoms with van der Waals surface area (Å²) in [5, 5.41) is 2.95. The van der Waals surface area contributed by atoms with Gasteiger partial charge in [0.1, 0.15) is 5.76 Å². The Morgan fingerprint density at radius 3 is 2.46 bits per heavy atom. The number of ether oxygens (including phenoxy) is 1. The van der Waals surface area contributed by atoms with Crippen molar-refractivity contribution < 1.29 is 9.53 Å². The lowest BCUT2D eigenvalue weighted by Gasteiger charge is -2.14. The molecule has 0 bridgehead atoms. The fourth-order valence-corrected chi connectivity index (χ4v) is 2.65. The van der Waals surface area contributed by atoms with E-state index >= 15 is 0 Å². The summed E-state index contributed by atoms with van der Waals surface area (Å²) in [6, 6.07) is 7.94. The van der Waals surface area contributed by atoms with Crippen LogP contribution in [-0.4, -0.2) is 5.91 Å². The van der Waals surface area contributed by atoms with E-state index in [0.717, 1.165) is 42.7 Å². The van der Waals surface area contributed by atoms with Gasteiger partial charge in [0.15, 0.2) is 0 Å². The third kappa shape index (κ3) is 5.76. The van der Waals surface area contributed by atoms with Crippen LogP contribution >= 0.6 is 0 Å². The molecule has 138 valence electrons. The molecule has 1 N–H and O–H groups in total. The van der Waals surface area contributed by atoms with Gasteiger partial charge in [-0.15, -0.1) is 0 Å². The molecule has 0 atom stereocenters. The Labute approximate surface area is 157 Å². The molecule has 0 radical (unpaired) electrons. The quantitative estimate of drug-likeness (QED) is 0.617. The Hall–Kier alpha value is -2.55. The van der Waals surface area contributed by atoms with Gasteiger partial charge in [-0.2, -0.15) is 0 Å². The Morgan fingerprint density at radius 1 is 1.15 bits per heavy atom. The van der Waals surface area contributed by atoms with Gasteiger partial charge >= 0.3 is 0 Å². The van der Waals surface area contributed by atoms with Gasteiger partial charge in [-0.25, -0.2) is 0 Å². The summed E-state index contributed by atoms with van der Waals surface area (Å²) < 4.78 is 5.45. The smallest absolute Gasteiger partial charge is 0.227 e. The van der Waals surface area contributed by atoms with E-state index in [0.29, 0.717) is 0 Å². The molecule has 2 aliphatic carbocycles. The van der Waals surface area contributed by atoms with Crippen LogP contribution in [-0.2, 0) is 9.53 Å². The van der Waals surface area contributed by atoms with Gasteiger partial charge in [-0.1, -0.05) is 44.7 Å². The van der Waals surface area contributed by atoms with Crippen molar-refractivity contribution in [3.8, 4) is 0 Å². The summed E-state index contributed by atoms with van der Waals surface area (Å²) in [4.78, 5) is 11.7. The first-order valence-corrected chi connectivity index (χ1v) is 9.42. The Kier molecular flexibility index (Phi) is 7.46. The number of carbonyl (C=O) groups is 1. The van der Waals surface area contributed by atoms with Crippen molar-refractivity contribution in [3.63, 3.8) is 0 Å². The highest BCUT2D eigenvalue weighted by molar-refractivity contribution is 5.94. The van der Waals surface area contributed by atoms with Gasteiger partial charge in [-0.3, -0.25) is 4.79 Å². The fraction of sp³-hybridized carbons (Fsp3) is 0.348. The van der Waals surface area contributed by atoms with E-state index in [-0.39, 0.29) is 11.8 Å². The SMILES string of the molecule is C=COC1=C(C)CCC(/C=C/c2ccc(NC(=O)C3CC3)cc2)=C1.CC. The summed E-state index contributed by atoms with van der Waals surface area (Å²) in [5.41, 5.74) is 4.46. The molecule has 1 aromatic rings. The zero-order valence-electron chi connectivity index (χ0n) is 16.0. The van der Waals surface area contributed by atoms with E-state index in [4.69, 9.17) is 4.74 Å². The highest BCUT2D eigenvalue weighted by atomic mass is 16.5. The molecular formula is C23H29NO2. The van der Waals surface area contributed by atoms with Crippen molar-refractivity contribution in [1.82, 2.24) is 0 Å². The van der Waals surface area contributed by atoms with E-state index in [9.17, 15) is 4.79 Å². The monoisotopic (exact) mass is 351 g/mol. The van der Waals surface area contributed by atoms with Crippen molar-refractivity contribution in [3.05, 3.63) is 71.7 Å². The van der Waals surface area contributed by atoms with Crippen molar-refractivity contribution >= 4 is 17.7 Å². The molecule has 26 heavy (non-hydrogen) atoms. The number of carbonyl (C=O) groups excluding carboxylic acids is 1. The van der Waals surface area contributed by atoms with Crippen LogP contribution in [0.5, 0.6) is 0 Å². The zero-order valence-corrected chi connectivity index (χ0v) is 16.0. The first-order valence-electron chi connectivity index (χ1n) is 9.42. The molecule has 0 saturated heterocycles. The lowest BCUT2D eigenvalue weighted by molar-refractivity contribution is -0.117. The predicted molar refractivity (Wildman–Crippen MR) is 109 cm³/mol. The third-order valence-electron chi connectivity index (χ3n) is 4.35. The van der Waals surface area contributed by atoms with Crippen molar-refractivity contribution in [1.29, 1.82) is 0 Å². The second kappa shape index (κ2) is 9.81. The lowest BCUT2D eigenvalue weighted by Crippen LogP contribution is -2.12. The molecular weight excluding hydrogens is 322 g/mol. The minimum Gasteiger partial charge on any atom is -0.466 e. The van der Waals surface area contributed by atoms with E-state index in [1.165, 1.54) is 17.4 Å². The number of rotatable bonds is 6. The molecule has 0 aliphatic heterocycles. The Bertz CT molecular complexity index is 719. The second-order valence-electron chi connectivity index (χ2n) is 6.37. The van der Waals surface area contributed by atoms with Crippen LogP contribution in [0.1, 0.15) is 52.0 Å². The van der Waals surface area contributed by atoms with Crippen LogP contribution in [0.2, 0.25) is 0 Å². The number of anilines is 1. The maximum Gasteiger partial charge on any atom is 0.227 e. The summed E-state index contributed by atoms with van der Waals surface area (Å²) in [6.45, 7) is 9.71. The van der Waals surface area contributed by atoms with Crippen LogP contribution in [0.4, 0.5) is 5.69 Å². The molecule has 0 aromatic heterocycles. The summed E-state index contributed by atoms with van der Waals surface area (Å²) >= 11 is 0. The fourth-order valence-electron chi connectivity index (χ4n) is 2.65. The molecule has 0 heterocycles. The molecule has 1 saturated carbocycles. The molecule has 1 amide bonds. The van der Waals surface area contributed by atoms with Gasteiger partial charge in [0.25, 0.3) is 0 Å². The molecule has 2 aliphatic rings. The minimum atomic E-state index is 0.141. The summed E-state index contributed by atoms with van der Waals surface area (Å²) in [5.74, 6) is 1.27. The molecule has 3 nitrogen and oxygen atoms in total. The Morgan fingerprint density at radius 2 is 1.85 bits per heavy atom. The van der Waals surface area contributed by atoms with Gasteiger partial charge in [0.05, 0.1) is 6.26 Å². The highest BCUT2D eigenvalue weighted by Crippen LogP contribution is 2.30. The van der Waals surface area contributed by atoms with E-state index in [1.54, 1.807) is 0 Å². The van der Waals surface area contributed by atoms with Crippen LogP contribution in [0, 0.1) is 5.92 Å². The van der Waals surface area contributed by atoms with Gasteiger partial charge < -0.3 is 10.1 Å². The normalized spacial score (nSPS) is 16.5. The number of benzene rings is 1. The summed E-state index contributed by atoms with van der Waals surface area (Å²) in [6.07, 6.45) is 11.8. The van der Waals surface area contributed by atoms with E-state index in [1.807, 2.05) is 38.1 Å². The molecule has 1 aromatic carbocycles. The van der Waals surface area contributed by atoms with Gasteiger partial charge in [-0.05, 0) is 67.5 Å². The van der Waals surface area contributed by atoms with E-state index in [2.05, 4.69) is 37.0 Å². The average molecular weight is 351 g/mol. The van der Waals surface area contributed by atoms with E-state index < -0.39 is 0 Å². The minimum absolute atomic E-state index is 0.141. The van der Waals surface area contributed by atoms with Crippen LogP contribution in [0.15, 0.2) is 66.2 Å². The molecule has 1 fully saturated rings.